The molecule has 2 saturated carbocycles. The van der Waals surface area contributed by atoms with E-state index in [1.807, 2.05) is 0 Å². The third-order valence-corrected chi connectivity index (χ3v) is 5.40. The smallest absolute Gasteiger partial charge is 0.191 e. The van der Waals surface area contributed by atoms with Gasteiger partial charge < -0.3 is 25.4 Å². The summed E-state index contributed by atoms with van der Waals surface area (Å²) < 4.78 is 202. The van der Waals surface area contributed by atoms with Crippen LogP contribution in [0.1, 0.15) is 72.3 Å². The summed E-state index contributed by atoms with van der Waals surface area (Å²) in [7, 11) is 0. The van der Waals surface area contributed by atoms with E-state index in [1.165, 1.54) is 0 Å². The lowest BCUT2D eigenvalue weighted by Gasteiger charge is -2.17. The Kier molecular flexibility index (Phi) is 3.02. The number of fused-ring (bicyclic) bond motifs is 1. The highest BCUT2D eigenvalue weighted by Gasteiger charge is 2.45. The molecule has 2 aromatic heterocycles. The Hall–Kier alpha value is -2.45. The number of nitrogens with one attached hydrogen (secondary N) is 1. The number of thioether (sulfide) groups is 1. The number of benzene rings is 1. The van der Waals surface area contributed by atoms with Crippen LogP contribution in [0.2, 0.25) is 0 Å². The number of rotatable bonds is 10. The fourth-order valence-corrected chi connectivity index (χ4v) is 3.59. The standard InChI is InChI=1S/C23H28F2N6O4S/c1-2-7-36-23-27-21(26-15-9-12(15)11-3-4-13(24)14(25)8-11)18-22(28-23)31(30-29-18)16-10-17(35-6-5-32)20(34)19(16)33/h3-4,8,12,15-17,19-20,32-34H,2,5-7,9-10H2,1H3,(H,26,27,28)/t12?,15-,16+,17-,19-,20+/m0/s1/i1D3,2D2,3D,4D,5D2,6D2,7D2,8D,10D2,15D,16D,17D,19D,20D. The van der Waals surface area contributed by atoms with Crippen molar-refractivity contribution in [2.75, 3.05) is 24.1 Å². The zero-order chi connectivity index (χ0) is 44.1. The maximum absolute atomic E-state index is 14.5. The van der Waals surface area contributed by atoms with Crippen LogP contribution in [0, 0.1) is 11.6 Å². The number of nitrogens with zero attached hydrogens (tertiary/aromatic N) is 5. The highest BCUT2D eigenvalue weighted by atomic mass is 32.2. The topological polar surface area (TPSA) is 138 Å². The van der Waals surface area contributed by atoms with Crippen LogP contribution in [0.4, 0.5) is 14.6 Å². The van der Waals surface area contributed by atoms with Gasteiger partial charge >= 0.3 is 0 Å². The summed E-state index contributed by atoms with van der Waals surface area (Å²) in [6.45, 7) is -12.0. The first-order chi connectivity index (χ1) is 25.2. The Bertz CT molecular complexity index is 2130. The van der Waals surface area contributed by atoms with E-state index in [-0.39, 0.29) is 16.4 Å². The molecule has 2 fully saturated rings. The molecule has 1 aromatic carbocycles. The molecule has 13 heteroatoms. The predicted molar refractivity (Wildman–Crippen MR) is 128 cm³/mol. The molecule has 5 rings (SSSR count). The number of aliphatic hydroxyl groups is 3. The van der Waals surface area contributed by atoms with Gasteiger partial charge in [-0.3, -0.25) is 0 Å². The molecule has 0 aliphatic heterocycles. The van der Waals surface area contributed by atoms with Crippen molar-refractivity contribution in [3.05, 3.63) is 35.3 Å². The van der Waals surface area contributed by atoms with E-state index in [4.69, 9.17) is 28.8 Å². The lowest BCUT2D eigenvalue weighted by atomic mass is 10.1. The van der Waals surface area contributed by atoms with Crippen LogP contribution in [-0.2, 0) is 4.74 Å². The lowest BCUT2D eigenvalue weighted by Crippen LogP contribution is -2.33. The Labute approximate surface area is 239 Å². The number of aromatic nitrogens is 5. The van der Waals surface area contributed by atoms with Gasteiger partial charge in [0.1, 0.15) is 12.2 Å². The lowest BCUT2D eigenvalue weighted by molar-refractivity contribution is -0.0629. The molecule has 0 radical (unpaired) electrons. The summed E-state index contributed by atoms with van der Waals surface area (Å²) in [5.74, 6) is -5.90. The van der Waals surface area contributed by atoms with Crippen LogP contribution in [0.25, 0.3) is 11.2 Å². The largest absolute Gasteiger partial charge is 0.394 e. The molecule has 10 nitrogen and oxygen atoms in total. The van der Waals surface area contributed by atoms with E-state index >= 15 is 0 Å². The van der Waals surface area contributed by atoms with Gasteiger partial charge in [0.25, 0.3) is 0 Å². The summed E-state index contributed by atoms with van der Waals surface area (Å²) >= 11 is -0.375. The highest BCUT2D eigenvalue weighted by molar-refractivity contribution is 7.99. The molecule has 0 amide bonds. The second-order valence-corrected chi connectivity index (χ2v) is 7.77. The van der Waals surface area contributed by atoms with Gasteiger partial charge in [0, 0.05) is 36.4 Å². The minimum absolute atomic E-state index is 0.213. The first-order valence-corrected chi connectivity index (χ1v) is 10.5. The van der Waals surface area contributed by atoms with Gasteiger partial charge in [0.05, 0.1) is 41.7 Å². The van der Waals surface area contributed by atoms with Crippen molar-refractivity contribution in [2.24, 2.45) is 0 Å². The molecule has 194 valence electrons. The van der Waals surface area contributed by atoms with E-state index in [0.717, 1.165) is 0 Å². The number of ether oxygens (including phenoxy) is 1. The zero-order valence-electron chi connectivity index (χ0n) is 38.4. The van der Waals surface area contributed by atoms with Gasteiger partial charge in [-0.2, -0.15) is 0 Å². The van der Waals surface area contributed by atoms with E-state index in [2.05, 4.69) is 30.3 Å². The average Bonchev–Trinajstić information content (AvgIpc) is 3.46. The average molecular weight is 544 g/mol. The normalized spacial score (nSPS) is 49.7. The SMILES string of the molecule is [2H]c1c([2H])c(C2C[C@]2([2H])Nc2nc(SC([2H])([2H])C([2H])([2H])C([2H])([2H])[2H])nc3c2nnn3[C@]2([2H])C([2H])([2H])[C@]([2H])(OC([2H])([2H])C([2H])([2H])O)[C@@]([2H])(O)[C@@]2([2H])O)c([2H])c(F)c1F. The third-order valence-electron chi connectivity index (χ3n) is 4.84. The quantitative estimate of drug-likeness (QED) is 0.222. The van der Waals surface area contributed by atoms with Crippen LogP contribution < -0.4 is 5.32 Å². The summed E-state index contributed by atoms with van der Waals surface area (Å²) in [5, 5.41) is 40.4. The predicted octanol–water partition coefficient (Wildman–Crippen LogP) is 2.01. The van der Waals surface area contributed by atoms with E-state index in [1.54, 1.807) is 0 Å². The Balaban J connectivity index is 1.75. The second kappa shape index (κ2) is 10.5. The molecule has 36 heavy (non-hydrogen) atoms. The molecule has 2 heterocycles. The van der Waals surface area contributed by atoms with Crippen molar-refractivity contribution in [2.45, 2.75) is 67.4 Å². The molecule has 2 aliphatic carbocycles. The van der Waals surface area contributed by atoms with Gasteiger partial charge in [-0.05, 0) is 30.4 Å². The van der Waals surface area contributed by atoms with E-state index in [9.17, 15) is 24.1 Å². The fourth-order valence-electron chi connectivity index (χ4n) is 3.18. The van der Waals surface area contributed by atoms with Gasteiger partial charge in [-0.25, -0.2) is 23.4 Å². The molecular formula is C23H28F2N6O4S. The molecule has 6 atom stereocenters. The van der Waals surface area contributed by atoms with E-state index in [0.29, 0.717) is 0 Å². The van der Waals surface area contributed by atoms with Gasteiger partial charge in [0.15, 0.2) is 33.8 Å². The molecular weight excluding hydrogens is 494 g/mol. The summed E-state index contributed by atoms with van der Waals surface area (Å²) in [6, 6.07) is -9.87. The summed E-state index contributed by atoms with van der Waals surface area (Å²) in [5.41, 5.74) is -6.17. The van der Waals surface area contributed by atoms with Crippen molar-refractivity contribution >= 4 is 28.7 Å². The summed E-state index contributed by atoms with van der Waals surface area (Å²) in [4.78, 5) is 7.73. The molecule has 3 aromatic rings. The van der Waals surface area contributed by atoms with Crippen molar-refractivity contribution in [1.29, 1.82) is 0 Å². The Morgan fingerprint density at radius 3 is 3.03 bits per heavy atom. The van der Waals surface area contributed by atoms with Crippen LogP contribution in [0.5, 0.6) is 0 Å². The molecule has 1 unspecified atom stereocenters. The Morgan fingerprint density at radius 2 is 2.22 bits per heavy atom. The van der Waals surface area contributed by atoms with Crippen LogP contribution in [0.3, 0.4) is 0 Å². The summed E-state index contributed by atoms with van der Waals surface area (Å²) in [6.07, 6.45) is -22.1. The minimum atomic E-state index is -4.55. The van der Waals surface area contributed by atoms with Crippen molar-refractivity contribution < 1.29 is 57.6 Å². The maximum atomic E-state index is 14.5. The van der Waals surface area contributed by atoms with E-state index < -0.39 is 138 Å². The molecule has 0 bridgehead atoms. The van der Waals surface area contributed by atoms with Crippen molar-refractivity contribution in [1.82, 2.24) is 25.0 Å². The molecule has 0 saturated heterocycles. The third kappa shape index (κ3) is 4.90. The fraction of sp³-hybridized carbons (Fsp3) is 0.565. The minimum Gasteiger partial charge on any atom is -0.394 e. The second-order valence-electron chi connectivity index (χ2n) is 7.00. The number of hydrogen-bond acceptors (Lipinski definition) is 10. The Morgan fingerprint density at radius 1 is 1.36 bits per heavy atom. The molecule has 2 aliphatic rings. The van der Waals surface area contributed by atoms with Crippen LogP contribution >= 0.6 is 11.8 Å². The number of hydrogen-bond donors (Lipinski definition) is 4. The zero-order valence-corrected chi connectivity index (χ0v) is 18.3. The molecule has 0 spiro atoms. The van der Waals surface area contributed by atoms with Crippen LogP contribution in [-0.4, -0.2) is 83.4 Å². The monoisotopic (exact) mass is 543 g/mol. The number of halogens is 2. The van der Waals surface area contributed by atoms with Crippen molar-refractivity contribution in [3.63, 3.8) is 0 Å². The van der Waals surface area contributed by atoms with Gasteiger partial charge in [-0.15, -0.1) is 5.10 Å². The first kappa shape index (κ1) is 10.4. The van der Waals surface area contributed by atoms with Gasteiger partial charge in [0.2, 0.25) is 0 Å². The highest BCUT2D eigenvalue weighted by Crippen LogP contribution is 2.44. The van der Waals surface area contributed by atoms with Crippen molar-refractivity contribution in [3.8, 4) is 0 Å². The van der Waals surface area contributed by atoms with Crippen LogP contribution in [0.15, 0.2) is 23.3 Å². The molecule has 4 N–H and O–H groups in total. The first-order valence-electron chi connectivity index (χ1n) is 20.2. The number of anilines is 1. The van der Waals surface area contributed by atoms with Gasteiger partial charge in [-0.1, -0.05) is 29.9 Å². The maximum Gasteiger partial charge on any atom is 0.191 e.